The van der Waals surface area contributed by atoms with Crippen LogP contribution in [0, 0.1) is 0 Å². The van der Waals surface area contributed by atoms with E-state index in [1.165, 1.54) is 5.56 Å². The van der Waals surface area contributed by atoms with Crippen molar-refractivity contribution in [3.8, 4) is 0 Å². The van der Waals surface area contributed by atoms with Crippen LogP contribution in [0.3, 0.4) is 0 Å². The number of nitrogens with zero attached hydrogens (tertiary/aromatic N) is 1. The summed E-state index contributed by atoms with van der Waals surface area (Å²) in [4.78, 5) is 15.8. The number of H-pyrrole nitrogens is 1. The quantitative estimate of drug-likeness (QED) is 0.855. The van der Waals surface area contributed by atoms with Gasteiger partial charge in [0.2, 0.25) is 0 Å². The third-order valence-corrected chi connectivity index (χ3v) is 3.34. The first-order valence-corrected chi connectivity index (χ1v) is 6.60. The molecular formula is C14H17ClN2O2. The minimum atomic E-state index is -0.741. The number of aromatic amines is 1. The van der Waals surface area contributed by atoms with Crippen LogP contribution in [0.25, 0.3) is 10.9 Å². The highest BCUT2D eigenvalue weighted by molar-refractivity contribution is 6.31. The molecule has 19 heavy (non-hydrogen) atoms. The molecule has 102 valence electrons. The number of aromatic nitrogens is 1. The number of hydrogen-bond acceptors (Lipinski definition) is 2. The number of fused-ring (bicyclic) bond motifs is 1. The number of rotatable bonds is 6. The average Bonchev–Trinajstić information content (AvgIpc) is 2.71. The summed E-state index contributed by atoms with van der Waals surface area (Å²) in [6, 6.07) is 5.80. The van der Waals surface area contributed by atoms with Crippen LogP contribution in [0.4, 0.5) is 0 Å². The standard InChI is InChI=1S/C14H17ClN2O2/c1-17(6-2-3-14(18)19)9-10-8-16-13-7-11(15)4-5-12(10)13/h4-5,7-8,16H,2-3,6,9H2,1H3,(H,18,19). The van der Waals surface area contributed by atoms with E-state index in [-0.39, 0.29) is 6.42 Å². The van der Waals surface area contributed by atoms with Gasteiger partial charge in [-0.15, -0.1) is 0 Å². The van der Waals surface area contributed by atoms with Gasteiger partial charge in [-0.3, -0.25) is 4.79 Å². The molecule has 4 nitrogen and oxygen atoms in total. The Morgan fingerprint density at radius 1 is 1.47 bits per heavy atom. The lowest BCUT2D eigenvalue weighted by Crippen LogP contribution is -2.19. The van der Waals surface area contributed by atoms with Crippen molar-refractivity contribution in [2.24, 2.45) is 0 Å². The summed E-state index contributed by atoms with van der Waals surface area (Å²) in [5.41, 5.74) is 2.23. The van der Waals surface area contributed by atoms with Crippen molar-refractivity contribution >= 4 is 28.5 Å². The summed E-state index contributed by atoms with van der Waals surface area (Å²) >= 11 is 5.95. The number of nitrogens with one attached hydrogen (secondary N) is 1. The normalized spacial score (nSPS) is 11.3. The summed E-state index contributed by atoms with van der Waals surface area (Å²) in [6.45, 7) is 1.56. The average molecular weight is 281 g/mol. The van der Waals surface area contributed by atoms with Gasteiger partial charge in [-0.05, 0) is 37.7 Å². The van der Waals surface area contributed by atoms with Crippen molar-refractivity contribution in [2.75, 3.05) is 13.6 Å². The van der Waals surface area contributed by atoms with Crippen LogP contribution in [0.5, 0.6) is 0 Å². The second-order valence-corrected chi connectivity index (χ2v) is 5.18. The lowest BCUT2D eigenvalue weighted by Gasteiger charge is -2.15. The maximum atomic E-state index is 10.5. The van der Waals surface area contributed by atoms with Crippen molar-refractivity contribution in [3.05, 3.63) is 35.0 Å². The molecule has 0 bridgehead atoms. The molecule has 5 heteroatoms. The molecule has 0 amide bonds. The Bertz CT molecular complexity index is 580. The number of halogens is 1. The molecule has 0 saturated heterocycles. The van der Waals surface area contributed by atoms with Gasteiger partial charge in [0.1, 0.15) is 0 Å². The topological polar surface area (TPSA) is 56.3 Å². The zero-order valence-corrected chi connectivity index (χ0v) is 11.6. The van der Waals surface area contributed by atoms with Crippen LogP contribution in [0.2, 0.25) is 5.02 Å². The monoisotopic (exact) mass is 280 g/mol. The summed E-state index contributed by atoms with van der Waals surface area (Å²) in [6.07, 6.45) is 2.86. The molecule has 0 unspecified atom stereocenters. The minimum absolute atomic E-state index is 0.216. The SMILES string of the molecule is CN(CCCC(=O)O)Cc1c[nH]c2cc(Cl)ccc12. The van der Waals surface area contributed by atoms with Crippen molar-refractivity contribution < 1.29 is 9.90 Å². The summed E-state index contributed by atoms with van der Waals surface area (Å²) < 4.78 is 0. The van der Waals surface area contributed by atoms with E-state index in [2.05, 4.69) is 9.88 Å². The third-order valence-electron chi connectivity index (χ3n) is 3.10. The minimum Gasteiger partial charge on any atom is -0.481 e. The van der Waals surface area contributed by atoms with Gasteiger partial charge in [-0.1, -0.05) is 17.7 Å². The first-order valence-electron chi connectivity index (χ1n) is 6.22. The molecule has 0 saturated carbocycles. The van der Waals surface area contributed by atoms with E-state index in [0.29, 0.717) is 6.42 Å². The highest BCUT2D eigenvalue weighted by Gasteiger charge is 2.07. The number of hydrogen-bond donors (Lipinski definition) is 2. The molecule has 0 aliphatic heterocycles. The molecule has 1 aromatic heterocycles. The van der Waals surface area contributed by atoms with Gasteiger partial charge >= 0.3 is 5.97 Å². The Morgan fingerprint density at radius 3 is 3.00 bits per heavy atom. The predicted octanol–water partition coefficient (Wildman–Crippen LogP) is 3.12. The van der Waals surface area contributed by atoms with Gasteiger partial charge in [-0.25, -0.2) is 0 Å². The molecule has 0 fully saturated rings. The maximum Gasteiger partial charge on any atom is 0.303 e. The Kier molecular flexibility index (Phi) is 4.45. The Morgan fingerprint density at radius 2 is 2.26 bits per heavy atom. The van der Waals surface area contributed by atoms with Gasteiger partial charge in [0.05, 0.1) is 0 Å². The first kappa shape index (κ1) is 13.9. The molecule has 1 aromatic carbocycles. The second-order valence-electron chi connectivity index (χ2n) is 4.74. The van der Waals surface area contributed by atoms with Crippen LogP contribution in [-0.4, -0.2) is 34.6 Å². The van der Waals surface area contributed by atoms with Crippen molar-refractivity contribution in [3.63, 3.8) is 0 Å². The lowest BCUT2D eigenvalue weighted by molar-refractivity contribution is -0.137. The highest BCUT2D eigenvalue weighted by Crippen LogP contribution is 2.22. The number of carbonyl (C=O) groups is 1. The summed E-state index contributed by atoms with van der Waals surface area (Å²) in [5, 5.41) is 10.5. The van der Waals surface area contributed by atoms with Gasteiger partial charge < -0.3 is 15.0 Å². The lowest BCUT2D eigenvalue weighted by atomic mass is 10.1. The van der Waals surface area contributed by atoms with E-state index in [1.54, 1.807) is 0 Å². The van der Waals surface area contributed by atoms with Crippen LogP contribution < -0.4 is 0 Å². The first-order chi connectivity index (χ1) is 9.06. The van der Waals surface area contributed by atoms with E-state index >= 15 is 0 Å². The van der Waals surface area contributed by atoms with Gasteiger partial charge in [0, 0.05) is 35.1 Å². The zero-order valence-electron chi connectivity index (χ0n) is 10.8. The number of carboxylic acids is 1. The Hall–Kier alpha value is -1.52. The molecule has 0 aliphatic carbocycles. The molecule has 0 aliphatic rings. The molecule has 1 heterocycles. The third kappa shape index (κ3) is 3.72. The molecular weight excluding hydrogens is 264 g/mol. The maximum absolute atomic E-state index is 10.5. The molecule has 2 rings (SSSR count). The second kappa shape index (κ2) is 6.08. The van der Waals surface area contributed by atoms with Crippen LogP contribution in [-0.2, 0) is 11.3 Å². The largest absolute Gasteiger partial charge is 0.481 e. The molecule has 2 aromatic rings. The fraction of sp³-hybridized carbons (Fsp3) is 0.357. The van der Waals surface area contributed by atoms with E-state index in [4.69, 9.17) is 16.7 Å². The predicted molar refractivity (Wildman–Crippen MR) is 76.5 cm³/mol. The zero-order chi connectivity index (χ0) is 13.8. The number of carboxylic acid groups (broad SMARTS) is 1. The van der Waals surface area contributed by atoms with E-state index in [1.807, 2.05) is 31.4 Å². The van der Waals surface area contributed by atoms with Crippen LogP contribution >= 0.6 is 11.6 Å². The van der Waals surface area contributed by atoms with Crippen LogP contribution in [0.15, 0.2) is 24.4 Å². The van der Waals surface area contributed by atoms with E-state index in [0.717, 1.165) is 29.0 Å². The summed E-state index contributed by atoms with van der Waals surface area (Å²) in [7, 11) is 2.00. The fourth-order valence-electron chi connectivity index (χ4n) is 2.16. The van der Waals surface area contributed by atoms with Crippen molar-refractivity contribution in [2.45, 2.75) is 19.4 Å². The molecule has 0 atom stereocenters. The number of aliphatic carboxylic acids is 1. The molecule has 0 radical (unpaired) electrons. The van der Waals surface area contributed by atoms with E-state index < -0.39 is 5.97 Å². The van der Waals surface area contributed by atoms with Gasteiger partial charge in [-0.2, -0.15) is 0 Å². The number of benzene rings is 1. The summed E-state index contributed by atoms with van der Waals surface area (Å²) in [5.74, 6) is -0.741. The van der Waals surface area contributed by atoms with Gasteiger partial charge in [0.25, 0.3) is 0 Å². The Balaban J connectivity index is 1.99. The molecule has 2 N–H and O–H groups in total. The van der Waals surface area contributed by atoms with Crippen molar-refractivity contribution in [1.29, 1.82) is 0 Å². The van der Waals surface area contributed by atoms with Gasteiger partial charge in [0.15, 0.2) is 0 Å². The van der Waals surface area contributed by atoms with E-state index in [9.17, 15) is 4.79 Å². The van der Waals surface area contributed by atoms with Crippen molar-refractivity contribution in [1.82, 2.24) is 9.88 Å². The Labute approximate surface area is 117 Å². The smallest absolute Gasteiger partial charge is 0.303 e. The highest BCUT2D eigenvalue weighted by atomic mass is 35.5. The fourth-order valence-corrected chi connectivity index (χ4v) is 2.33. The molecule has 0 spiro atoms. The van der Waals surface area contributed by atoms with Crippen LogP contribution in [0.1, 0.15) is 18.4 Å².